The van der Waals surface area contributed by atoms with Crippen molar-refractivity contribution in [3.05, 3.63) is 64.8 Å². The van der Waals surface area contributed by atoms with Crippen LogP contribution in [0.2, 0.25) is 5.02 Å². The molecular formula is C21H15ClF4N4O5. The average molecular weight is 515 g/mol. The molecule has 2 N–H and O–H groups in total. The minimum Gasteiger partial charge on any atom is -0.458 e. The van der Waals surface area contributed by atoms with E-state index < -0.39 is 36.9 Å². The lowest BCUT2D eigenvalue weighted by atomic mass is 10.1. The van der Waals surface area contributed by atoms with Crippen molar-refractivity contribution in [3.63, 3.8) is 0 Å². The molecule has 4 aromatic rings. The van der Waals surface area contributed by atoms with Gasteiger partial charge in [0.05, 0.1) is 12.7 Å². The van der Waals surface area contributed by atoms with E-state index in [2.05, 4.69) is 20.1 Å². The smallest absolute Gasteiger partial charge is 0.345 e. The van der Waals surface area contributed by atoms with E-state index in [-0.39, 0.29) is 39.4 Å². The molecule has 14 heteroatoms. The van der Waals surface area contributed by atoms with Gasteiger partial charge in [-0.15, -0.1) is 0 Å². The summed E-state index contributed by atoms with van der Waals surface area (Å²) in [6.45, 7) is -4.24. The molecule has 0 spiro atoms. The first-order chi connectivity index (χ1) is 16.5. The second-order valence-electron chi connectivity index (χ2n) is 7.36. The molecule has 0 saturated heterocycles. The number of fused-ring (bicyclic) bond motifs is 2. The Morgan fingerprint density at radius 1 is 1.17 bits per heavy atom. The number of amides is 1. The number of hydrogen-bond donors (Lipinski definition) is 2. The van der Waals surface area contributed by atoms with Gasteiger partial charge in [0.2, 0.25) is 0 Å². The van der Waals surface area contributed by atoms with Crippen LogP contribution in [0.15, 0.2) is 47.3 Å². The third-order valence-corrected chi connectivity index (χ3v) is 5.14. The van der Waals surface area contributed by atoms with Gasteiger partial charge in [0, 0.05) is 22.8 Å². The molecule has 0 aliphatic heterocycles. The molecule has 9 nitrogen and oxygen atoms in total. The van der Waals surface area contributed by atoms with Crippen molar-refractivity contribution < 1.29 is 41.4 Å². The van der Waals surface area contributed by atoms with Gasteiger partial charge in [-0.25, -0.2) is 14.3 Å². The second-order valence-corrected chi connectivity index (χ2v) is 7.79. The van der Waals surface area contributed by atoms with Gasteiger partial charge in [-0.3, -0.25) is 4.79 Å². The summed E-state index contributed by atoms with van der Waals surface area (Å²) >= 11 is 5.98. The van der Waals surface area contributed by atoms with Crippen LogP contribution in [0.4, 0.5) is 17.6 Å². The standard InChI is InChI=1S/C21H15ClF4N4O5/c22-12-4-11-5-13(7-28-18(32)15-8-29-30-3-1-2-27-17(15)30)35-16(11)14(6-12)19(33)34-10-21(25,26)20(23,24)9-31/h1-6,8,31H,7,9-10H2,(H,28,32). The Kier molecular flexibility index (Phi) is 6.38. The summed E-state index contributed by atoms with van der Waals surface area (Å²) in [6.07, 6.45) is 4.45. The Labute approximate surface area is 198 Å². The number of benzene rings is 1. The Morgan fingerprint density at radius 2 is 1.94 bits per heavy atom. The zero-order valence-corrected chi connectivity index (χ0v) is 18.2. The fourth-order valence-electron chi connectivity index (χ4n) is 3.11. The summed E-state index contributed by atoms with van der Waals surface area (Å²) in [5.41, 5.74) is 0.0307. The maximum Gasteiger partial charge on any atom is 0.345 e. The number of furan rings is 1. The summed E-state index contributed by atoms with van der Waals surface area (Å²) in [6, 6.07) is 5.56. The van der Waals surface area contributed by atoms with E-state index in [4.69, 9.17) is 21.1 Å². The van der Waals surface area contributed by atoms with Crippen molar-refractivity contribution >= 4 is 40.1 Å². The van der Waals surface area contributed by atoms with E-state index in [0.29, 0.717) is 5.65 Å². The number of nitrogens with zero attached hydrogens (tertiary/aromatic N) is 3. The van der Waals surface area contributed by atoms with E-state index in [0.717, 1.165) is 6.07 Å². The molecule has 0 unspecified atom stereocenters. The monoisotopic (exact) mass is 514 g/mol. The molecule has 35 heavy (non-hydrogen) atoms. The third-order valence-electron chi connectivity index (χ3n) is 4.92. The highest BCUT2D eigenvalue weighted by molar-refractivity contribution is 6.32. The second kappa shape index (κ2) is 9.15. The number of ether oxygens (including phenoxy) is 1. The number of rotatable bonds is 8. The van der Waals surface area contributed by atoms with Crippen molar-refractivity contribution in [2.45, 2.75) is 18.4 Å². The highest BCUT2D eigenvalue weighted by atomic mass is 35.5. The number of aliphatic hydroxyl groups excluding tert-OH is 1. The molecule has 4 rings (SSSR count). The van der Waals surface area contributed by atoms with Gasteiger partial charge in [-0.1, -0.05) is 11.6 Å². The fraction of sp³-hybridized carbons (Fsp3) is 0.238. The summed E-state index contributed by atoms with van der Waals surface area (Å²) in [4.78, 5) is 29.0. The lowest BCUT2D eigenvalue weighted by Crippen LogP contribution is -2.47. The van der Waals surface area contributed by atoms with Gasteiger partial charge in [0.15, 0.2) is 12.3 Å². The zero-order chi connectivity index (χ0) is 25.4. The number of aliphatic hydroxyl groups is 1. The van der Waals surface area contributed by atoms with Gasteiger partial charge in [-0.2, -0.15) is 22.7 Å². The maximum atomic E-state index is 13.6. The predicted molar refractivity (Wildman–Crippen MR) is 113 cm³/mol. The van der Waals surface area contributed by atoms with Gasteiger partial charge < -0.3 is 19.6 Å². The molecule has 3 aromatic heterocycles. The SMILES string of the molecule is O=C(OCC(F)(F)C(F)(F)CO)c1cc(Cl)cc2cc(CNC(=O)c3cnn4cccnc34)oc12. The number of aromatic nitrogens is 3. The number of nitrogens with one attached hydrogen (secondary N) is 1. The van der Waals surface area contributed by atoms with Crippen molar-refractivity contribution in [2.75, 3.05) is 13.2 Å². The van der Waals surface area contributed by atoms with Crippen LogP contribution in [-0.2, 0) is 11.3 Å². The number of carbonyl (C=O) groups is 2. The molecule has 0 atom stereocenters. The molecule has 0 aliphatic rings. The molecule has 0 radical (unpaired) electrons. The first-order valence-corrected chi connectivity index (χ1v) is 10.2. The van der Waals surface area contributed by atoms with E-state index in [1.54, 1.807) is 12.3 Å². The van der Waals surface area contributed by atoms with Crippen molar-refractivity contribution in [1.29, 1.82) is 0 Å². The maximum absolute atomic E-state index is 13.6. The predicted octanol–water partition coefficient (Wildman–Crippen LogP) is 3.48. The summed E-state index contributed by atoms with van der Waals surface area (Å²) in [5.74, 6) is -11.3. The number of carbonyl (C=O) groups excluding carboxylic acids is 2. The molecule has 0 aliphatic carbocycles. The van der Waals surface area contributed by atoms with Crippen LogP contribution in [0.1, 0.15) is 26.5 Å². The minimum atomic E-state index is -4.80. The highest BCUT2D eigenvalue weighted by Crippen LogP contribution is 2.35. The Bertz CT molecular complexity index is 1420. The molecule has 0 saturated carbocycles. The summed E-state index contributed by atoms with van der Waals surface area (Å²) in [7, 11) is 0. The number of hydrogen-bond acceptors (Lipinski definition) is 7. The van der Waals surface area contributed by atoms with Crippen molar-refractivity contribution in [3.8, 4) is 0 Å². The van der Waals surface area contributed by atoms with Gasteiger partial charge in [0.1, 0.15) is 29.1 Å². The molecule has 1 amide bonds. The van der Waals surface area contributed by atoms with Crippen molar-refractivity contribution in [2.24, 2.45) is 0 Å². The minimum absolute atomic E-state index is 0.0192. The Hall–Kier alpha value is -3.71. The van der Waals surface area contributed by atoms with Crippen LogP contribution in [0, 0.1) is 0 Å². The first-order valence-electron chi connectivity index (χ1n) is 9.84. The van der Waals surface area contributed by atoms with E-state index >= 15 is 0 Å². The third kappa shape index (κ3) is 4.77. The molecule has 0 fully saturated rings. The summed E-state index contributed by atoms with van der Waals surface area (Å²) in [5, 5.41) is 15.4. The topological polar surface area (TPSA) is 119 Å². The molecular weight excluding hydrogens is 500 g/mol. The summed E-state index contributed by atoms with van der Waals surface area (Å²) < 4.78 is 64.8. The van der Waals surface area contributed by atoms with Crippen LogP contribution in [0.3, 0.4) is 0 Å². The highest BCUT2D eigenvalue weighted by Gasteiger charge is 2.56. The normalized spacial score (nSPS) is 12.3. The lowest BCUT2D eigenvalue weighted by Gasteiger charge is -2.24. The van der Waals surface area contributed by atoms with E-state index in [1.807, 2.05) is 0 Å². The number of halogens is 5. The first kappa shape index (κ1) is 24.4. The van der Waals surface area contributed by atoms with Crippen LogP contribution < -0.4 is 5.32 Å². The van der Waals surface area contributed by atoms with Crippen LogP contribution >= 0.6 is 11.6 Å². The number of esters is 1. The van der Waals surface area contributed by atoms with Crippen molar-refractivity contribution in [1.82, 2.24) is 19.9 Å². The number of alkyl halides is 4. The van der Waals surface area contributed by atoms with Gasteiger partial charge in [0.25, 0.3) is 5.91 Å². The lowest BCUT2D eigenvalue weighted by molar-refractivity contribution is -0.239. The largest absolute Gasteiger partial charge is 0.458 e. The Balaban J connectivity index is 1.51. The Morgan fingerprint density at radius 3 is 2.69 bits per heavy atom. The molecule has 3 heterocycles. The van der Waals surface area contributed by atoms with E-state index in [9.17, 15) is 27.2 Å². The molecule has 0 bridgehead atoms. The van der Waals surface area contributed by atoms with Gasteiger partial charge in [-0.05, 0) is 24.3 Å². The molecule has 184 valence electrons. The van der Waals surface area contributed by atoms with Gasteiger partial charge >= 0.3 is 17.8 Å². The van der Waals surface area contributed by atoms with E-state index in [1.165, 1.54) is 29.0 Å². The molecule has 1 aromatic carbocycles. The van der Waals surface area contributed by atoms with Crippen LogP contribution in [-0.4, -0.2) is 56.6 Å². The van der Waals surface area contributed by atoms with Crippen LogP contribution in [0.25, 0.3) is 16.6 Å². The quantitative estimate of drug-likeness (QED) is 0.273. The van der Waals surface area contributed by atoms with Crippen LogP contribution in [0.5, 0.6) is 0 Å². The zero-order valence-electron chi connectivity index (χ0n) is 17.5. The fourth-order valence-corrected chi connectivity index (χ4v) is 3.34. The average Bonchev–Trinajstić information content (AvgIpc) is 3.44.